The van der Waals surface area contributed by atoms with Crippen LogP contribution in [0.25, 0.3) is 0 Å². The lowest BCUT2D eigenvalue weighted by atomic mass is 10.00. The highest BCUT2D eigenvalue weighted by Crippen LogP contribution is 2.20. The maximum atomic E-state index is 12.5. The van der Waals surface area contributed by atoms with Crippen LogP contribution in [0.4, 0.5) is 5.69 Å². The molecule has 162 valence electrons. The standard InChI is InChI=1S/C25H35N3O2/c1-19(2)17-21-5-7-22(8-6-21)20(3)26-25(29)18-27-13-15-28(16-14-27)23-9-11-24(30-4)12-10-23/h5-12,19-20H,13-18H2,1-4H3,(H,26,29). The van der Waals surface area contributed by atoms with Crippen LogP contribution in [-0.2, 0) is 11.2 Å². The minimum Gasteiger partial charge on any atom is -0.497 e. The molecule has 0 aromatic heterocycles. The molecule has 1 fully saturated rings. The van der Waals surface area contributed by atoms with Gasteiger partial charge in [0.1, 0.15) is 5.75 Å². The predicted molar refractivity (Wildman–Crippen MR) is 123 cm³/mol. The van der Waals surface area contributed by atoms with Gasteiger partial charge in [0, 0.05) is 31.9 Å². The maximum absolute atomic E-state index is 12.5. The third-order valence-electron chi connectivity index (χ3n) is 5.68. The molecule has 1 N–H and O–H groups in total. The molecule has 0 aliphatic carbocycles. The van der Waals surface area contributed by atoms with Crippen molar-refractivity contribution in [1.29, 1.82) is 0 Å². The third kappa shape index (κ3) is 6.23. The molecule has 30 heavy (non-hydrogen) atoms. The maximum Gasteiger partial charge on any atom is 0.234 e. The Morgan fingerprint density at radius 3 is 2.17 bits per heavy atom. The van der Waals surface area contributed by atoms with Crippen molar-refractivity contribution in [3.63, 3.8) is 0 Å². The van der Waals surface area contributed by atoms with Gasteiger partial charge >= 0.3 is 0 Å². The smallest absolute Gasteiger partial charge is 0.234 e. The van der Waals surface area contributed by atoms with E-state index in [0.717, 1.165) is 43.9 Å². The normalized spacial score (nSPS) is 15.8. The summed E-state index contributed by atoms with van der Waals surface area (Å²) < 4.78 is 5.23. The molecule has 2 aromatic rings. The average Bonchev–Trinajstić information content (AvgIpc) is 2.74. The van der Waals surface area contributed by atoms with E-state index in [2.05, 4.69) is 72.3 Å². The van der Waals surface area contributed by atoms with Gasteiger partial charge in [-0.25, -0.2) is 0 Å². The summed E-state index contributed by atoms with van der Waals surface area (Å²) in [7, 11) is 1.68. The van der Waals surface area contributed by atoms with Crippen LogP contribution in [0.5, 0.6) is 5.75 Å². The zero-order valence-corrected chi connectivity index (χ0v) is 18.7. The number of carbonyl (C=O) groups excluding carboxylic acids is 1. The molecule has 1 atom stereocenters. The van der Waals surface area contributed by atoms with E-state index in [1.165, 1.54) is 11.3 Å². The molecular formula is C25H35N3O2. The molecule has 0 saturated carbocycles. The van der Waals surface area contributed by atoms with Gasteiger partial charge in [-0.2, -0.15) is 0 Å². The Labute approximate surface area is 181 Å². The summed E-state index contributed by atoms with van der Waals surface area (Å²) in [5.41, 5.74) is 3.71. The van der Waals surface area contributed by atoms with Crippen LogP contribution in [0.15, 0.2) is 48.5 Å². The number of methoxy groups -OCH3 is 1. The molecule has 1 aliphatic heterocycles. The fourth-order valence-corrected chi connectivity index (χ4v) is 3.94. The van der Waals surface area contributed by atoms with Crippen molar-refractivity contribution in [2.45, 2.75) is 33.2 Å². The van der Waals surface area contributed by atoms with Crippen molar-refractivity contribution in [3.05, 3.63) is 59.7 Å². The van der Waals surface area contributed by atoms with Gasteiger partial charge in [-0.1, -0.05) is 38.1 Å². The lowest BCUT2D eigenvalue weighted by molar-refractivity contribution is -0.123. The summed E-state index contributed by atoms with van der Waals surface area (Å²) in [6, 6.07) is 16.8. The Morgan fingerprint density at radius 1 is 0.967 bits per heavy atom. The third-order valence-corrected chi connectivity index (χ3v) is 5.68. The van der Waals surface area contributed by atoms with E-state index in [1.54, 1.807) is 7.11 Å². The first kappa shape index (κ1) is 22.2. The van der Waals surface area contributed by atoms with Gasteiger partial charge in [0.25, 0.3) is 0 Å². The molecule has 1 unspecified atom stereocenters. The first-order valence-corrected chi connectivity index (χ1v) is 10.9. The van der Waals surface area contributed by atoms with E-state index in [0.29, 0.717) is 12.5 Å². The van der Waals surface area contributed by atoms with Crippen molar-refractivity contribution < 1.29 is 9.53 Å². The predicted octanol–water partition coefficient (Wildman–Crippen LogP) is 3.89. The summed E-state index contributed by atoms with van der Waals surface area (Å²) in [4.78, 5) is 17.1. The lowest BCUT2D eigenvalue weighted by Gasteiger charge is -2.36. The number of nitrogens with zero attached hydrogens (tertiary/aromatic N) is 2. The minimum atomic E-state index is 0.0196. The van der Waals surface area contributed by atoms with Gasteiger partial charge in [-0.05, 0) is 54.7 Å². The van der Waals surface area contributed by atoms with Gasteiger partial charge < -0.3 is 15.0 Å². The molecule has 0 spiro atoms. The molecule has 5 heteroatoms. The van der Waals surface area contributed by atoms with Crippen molar-refractivity contribution >= 4 is 11.6 Å². The molecule has 1 amide bonds. The lowest BCUT2D eigenvalue weighted by Crippen LogP contribution is -2.49. The molecule has 3 rings (SSSR count). The van der Waals surface area contributed by atoms with Gasteiger partial charge in [-0.3, -0.25) is 9.69 Å². The summed E-state index contributed by atoms with van der Waals surface area (Å²) in [5.74, 6) is 1.61. The van der Waals surface area contributed by atoms with E-state index in [4.69, 9.17) is 4.74 Å². The molecule has 1 aliphatic rings. The first-order valence-electron chi connectivity index (χ1n) is 10.9. The highest BCUT2D eigenvalue weighted by molar-refractivity contribution is 5.78. The Morgan fingerprint density at radius 2 is 1.60 bits per heavy atom. The van der Waals surface area contributed by atoms with Crippen molar-refractivity contribution in [2.24, 2.45) is 5.92 Å². The van der Waals surface area contributed by atoms with Crippen molar-refractivity contribution in [2.75, 3.05) is 44.7 Å². The number of rotatable bonds is 8. The van der Waals surface area contributed by atoms with Gasteiger partial charge in [-0.15, -0.1) is 0 Å². The summed E-state index contributed by atoms with van der Waals surface area (Å²) in [5, 5.41) is 3.15. The Bertz CT molecular complexity index is 794. The second-order valence-corrected chi connectivity index (χ2v) is 8.59. The van der Waals surface area contributed by atoms with E-state index in [-0.39, 0.29) is 11.9 Å². The topological polar surface area (TPSA) is 44.8 Å². The second kappa shape index (κ2) is 10.5. The second-order valence-electron chi connectivity index (χ2n) is 8.59. The van der Waals surface area contributed by atoms with Gasteiger partial charge in [0.2, 0.25) is 5.91 Å². The van der Waals surface area contributed by atoms with Crippen LogP contribution in [0.3, 0.4) is 0 Å². The highest BCUT2D eigenvalue weighted by Gasteiger charge is 2.20. The van der Waals surface area contributed by atoms with E-state index in [9.17, 15) is 4.79 Å². The fraction of sp³-hybridized carbons (Fsp3) is 0.480. The summed E-state index contributed by atoms with van der Waals surface area (Å²) >= 11 is 0. The van der Waals surface area contributed by atoms with Crippen LogP contribution in [-0.4, -0.2) is 50.6 Å². The number of benzene rings is 2. The Balaban J connectivity index is 1.44. The SMILES string of the molecule is COc1ccc(N2CCN(CC(=O)NC(C)c3ccc(CC(C)C)cc3)CC2)cc1. The molecule has 0 radical (unpaired) electrons. The summed E-state index contributed by atoms with van der Waals surface area (Å²) in [6.45, 7) is 10.6. The van der Waals surface area contributed by atoms with Gasteiger partial charge in [0.15, 0.2) is 0 Å². The fourth-order valence-electron chi connectivity index (χ4n) is 3.94. The van der Waals surface area contributed by atoms with Crippen LogP contribution >= 0.6 is 0 Å². The van der Waals surface area contributed by atoms with Crippen LogP contribution < -0.4 is 15.0 Å². The van der Waals surface area contributed by atoms with Gasteiger partial charge in [0.05, 0.1) is 19.7 Å². The van der Waals surface area contributed by atoms with Crippen molar-refractivity contribution in [1.82, 2.24) is 10.2 Å². The quantitative estimate of drug-likeness (QED) is 0.718. The van der Waals surface area contributed by atoms with E-state index < -0.39 is 0 Å². The zero-order chi connectivity index (χ0) is 21.5. The zero-order valence-electron chi connectivity index (χ0n) is 18.7. The van der Waals surface area contributed by atoms with E-state index >= 15 is 0 Å². The van der Waals surface area contributed by atoms with Crippen LogP contribution in [0, 0.1) is 5.92 Å². The van der Waals surface area contributed by atoms with Crippen molar-refractivity contribution in [3.8, 4) is 5.75 Å². The first-order chi connectivity index (χ1) is 14.4. The number of piperazine rings is 1. The van der Waals surface area contributed by atoms with Crippen LogP contribution in [0.1, 0.15) is 37.9 Å². The number of nitrogens with one attached hydrogen (secondary N) is 1. The highest BCUT2D eigenvalue weighted by atomic mass is 16.5. The molecule has 1 heterocycles. The molecule has 2 aromatic carbocycles. The summed E-state index contributed by atoms with van der Waals surface area (Å²) in [6.07, 6.45) is 1.09. The molecule has 1 saturated heterocycles. The van der Waals surface area contributed by atoms with E-state index in [1.807, 2.05) is 12.1 Å². The number of anilines is 1. The molecule has 5 nitrogen and oxygen atoms in total. The average molecular weight is 410 g/mol. The number of amides is 1. The van der Waals surface area contributed by atoms with Crippen LogP contribution in [0.2, 0.25) is 0 Å². The molecule has 0 bridgehead atoms. The Kier molecular flexibility index (Phi) is 7.75. The monoisotopic (exact) mass is 409 g/mol. The largest absolute Gasteiger partial charge is 0.497 e. The Hall–Kier alpha value is -2.53. The number of carbonyl (C=O) groups is 1. The molecular weight excluding hydrogens is 374 g/mol. The number of hydrogen-bond acceptors (Lipinski definition) is 4. The number of hydrogen-bond donors (Lipinski definition) is 1. The minimum absolute atomic E-state index is 0.0196. The number of ether oxygens (including phenoxy) is 1.